The summed E-state index contributed by atoms with van der Waals surface area (Å²) in [7, 11) is 0. The van der Waals surface area contributed by atoms with E-state index in [0.717, 1.165) is 12.8 Å². The van der Waals surface area contributed by atoms with Gasteiger partial charge in [-0.15, -0.1) is 12.1 Å². The third-order valence-electron chi connectivity index (χ3n) is 1.11. The van der Waals surface area contributed by atoms with Crippen molar-refractivity contribution >= 4 is 0 Å². The van der Waals surface area contributed by atoms with Gasteiger partial charge >= 0.3 is 21.7 Å². The molecular weight excluding hydrogens is 269 g/mol. The summed E-state index contributed by atoms with van der Waals surface area (Å²) in [4.78, 5) is 0. The standard InChI is InChI=1S/C6H14N.C4H10O.2ClH.Ti/c1-5(2)7-6(3)4;1-2-3-4-5;;;/h5-6H,1-4H3;5H,2-4H2,1H3;2*1H;/q-1;;;;+3/p-2. The van der Waals surface area contributed by atoms with E-state index in [1.807, 2.05) is 0 Å². The van der Waals surface area contributed by atoms with Crippen LogP contribution in [0.4, 0.5) is 0 Å². The van der Waals surface area contributed by atoms with Gasteiger partial charge in [0, 0.05) is 6.61 Å². The van der Waals surface area contributed by atoms with Crippen molar-refractivity contribution in [2.75, 3.05) is 6.61 Å². The number of halogens is 2. The van der Waals surface area contributed by atoms with Gasteiger partial charge in [0.15, 0.2) is 0 Å². The van der Waals surface area contributed by atoms with E-state index in [2.05, 4.69) is 39.9 Å². The molecule has 0 unspecified atom stereocenters. The van der Waals surface area contributed by atoms with Crippen LogP contribution >= 0.6 is 0 Å². The van der Waals surface area contributed by atoms with E-state index in [4.69, 9.17) is 5.11 Å². The van der Waals surface area contributed by atoms with Crippen molar-refractivity contribution in [3.8, 4) is 0 Å². The molecule has 0 aliphatic rings. The van der Waals surface area contributed by atoms with Crippen molar-refractivity contribution < 1.29 is 51.6 Å². The maximum atomic E-state index is 8.07. The van der Waals surface area contributed by atoms with E-state index in [9.17, 15) is 0 Å². The molecule has 0 aliphatic heterocycles. The molecule has 0 spiro atoms. The molecule has 0 saturated carbocycles. The van der Waals surface area contributed by atoms with Gasteiger partial charge < -0.3 is 35.2 Å². The average Bonchev–Trinajstić information content (AvgIpc) is 1.87. The molecule has 1 N–H and O–H groups in total. The largest absolute Gasteiger partial charge is 3.00 e. The zero-order valence-corrected chi connectivity index (χ0v) is 13.5. The van der Waals surface area contributed by atoms with Crippen molar-refractivity contribution in [3.05, 3.63) is 5.32 Å². The molecule has 15 heavy (non-hydrogen) atoms. The van der Waals surface area contributed by atoms with E-state index in [-0.39, 0.29) is 46.5 Å². The molecule has 5 heteroatoms. The summed E-state index contributed by atoms with van der Waals surface area (Å²) in [6.45, 7) is 10.8. The van der Waals surface area contributed by atoms with Gasteiger partial charge in [-0.2, -0.15) is 0 Å². The molecule has 0 atom stereocenters. The first-order chi connectivity index (χ1) is 5.54. The summed E-state index contributed by atoms with van der Waals surface area (Å²) in [6.07, 6.45) is 2.04. The molecule has 93 valence electrons. The second kappa shape index (κ2) is 24.4. The Morgan fingerprint density at radius 2 is 1.33 bits per heavy atom. The monoisotopic (exact) mass is 292 g/mol. The molecule has 0 aromatic rings. The molecule has 0 saturated heterocycles. The minimum atomic E-state index is 0. The van der Waals surface area contributed by atoms with Crippen LogP contribution in [0.1, 0.15) is 47.5 Å². The first-order valence-corrected chi connectivity index (χ1v) is 4.85. The summed E-state index contributed by atoms with van der Waals surface area (Å²) < 4.78 is 0. The Bertz CT molecular complexity index is 77.8. The third kappa shape index (κ3) is 51.0. The second-order valence-corrected chi connectivity index (χ2v) is 3.41. The van der Waals surface area contributed by atoms with E-state index in [1.165, 1.54) is 0 Å². The van der Waals surface area contributed by atoms with Crippen LogP contribution in [0.15, 0.2) is 0 Å². The molecule has 0 rings (SSSR count). The van der Waals surface area contributed by atoms with Crippen LogP contribution < -0.4 is 24.8 Å². The Morgan fingerprint density at radius 1 is 1.00 bits per heavy atom. The van der Waals surface area contributed by atoms with Gasteiger partial charge in [-0.3, -0.25) is 0 Å². The number of aliphatic hydroxyl groups is 1. The fraction of sp³-hybridized carbons (Fsp3) is 1.00. The molecule has 1 radical (unpaired) electrons. The van der Waals surface area contributed by atoms with E-state index in [0.29, 0.717) is 18.7 Å². The number of unbranched alkanes of at least 4 members (excludes halogenated alkanes) is 1. The average molecular weight is 293 g/mol. The van der Waals surface area contributed by atoms with Crippen molar-refractivity contribution in [1.82, 2.24) is 0 Å². The number of aliphatic hydroxyl groups excluding tert-OH is 1. The zero-order valence-electron chi connectivity index (χ0n) is 10.4. The van der Waals surface area contributed by atoms with Gasteiger partial charge in [0.25, 0.3) is 0 Å². The molecule has 0 heterocycles. The van der Waals surface area contributed by atoms with Gasteiger partial charge in [-0.1, -0.05) is 41.0 Å². The van der Waals surface area contributed by atoms with Crippen LogP contribution in [-0.2, 0) is 21.7 Å². The second-order valence-electron chi connectivity index (χ2n) is 3.41. The van der Waals surface area contributed by atoms with Crippen LogP contribution in [0, 0.1) is 0 Å². The number of hydrogen-bond acceptors (Lipinski definition) is 1. The van der Waals surface area contributed by atoms with Crippen LogP contribution in [0.2, 0.25) is 0 Å². The maximum Gasteiger partial charge on any atom is 3.00 e. The van der Waals surface area contributed by atoms with Crippen LogP contribution in [0.3, 0.4) is 0 Å². The van der Waals surface area contributed by atoms with Crippen LogP contribution in [0.5, 0.6) is 0 Å². The smallest absolute Gasteiger partial charge is 1.00 e. The van der Waals surface area contributed by atoms with Crippen molar-refractivity contribution in [3.63, 3.8) is 0 Å². The van der Waals surface area contributed by atoms with Crippen LogP contribution in [0.25, 0.3) is 5.32 Å². The normalized spacial score (nSPS) is 8.00. The molecule has 0 fully saturated rings. The van der Waals surface area contributed by atoms with Crippen molar-refractivity contribution in [2.24, 2.45) is 0 Å². The molecule has 2 nitrogen and oxygen atoms in total. The SMILES string of the molecule is CC(C)[N-]C(C)C.CCCCO.[Cl-].[Cl-].[Ti+3]. The van der Waals surface area contributed by atoms with Gasteiger partial charge in [0.05, 0.1) is 0 Å². The van der Waals surface area contributed by atoms with Gasteiger partial charge in [0.1, 0.15) is 0 Å². The fourth-order valence-corrected chi connectivity index (χ4v) is 0.754. The molecule has 0 aromatic carbocycles. The Kier molecular flexibility index (Phi) is 48.6. The minimum absolute atomic E-state index is 0. The first-order valence-electron chi connectivity index (χ1n) is 4.85. The Morgan fingerprint density at radius 3 is 1.33 bits per heavy atom. The number of rotatable bonds is 4. The van der Waals surface area contributed by atoms with Crippen molar-refractivity contribution in [1.29, 1.82) is 0 Å². The Hall–Kier alpha value is 1.21. The first kappa shape index (κ1) is 29.8. The molecular formula is C10H24Cl2NOTi. The summed E-state index contributed by atoms with van der Waals surface area (Å²) in [6, 6.07) is 1.000. The van der Waals surface area contributed by atoms with E-state index < -0.39 is 0 Å². The molecule has 0 amide bonds. The van der Waals surface area contributed by atoms with Gasteiger partial charge in [0.2, 0.25) is 0 Å². The number of hydrogen-bond donors (Lipinski definition) is 1. The van der Waals surface area contributed by atoms with Crippen molar-refractivity contribution in [2.45, 2.75) is 59.5 Å². The third-order valence-corrected chi connectivity index (χ3v) is 1.11. The molecule has 0 bridgehead atoms. The number of nitrogens with zero attached hydrogens (tertiary/aromatic N) is 1. The topological polar surface area (TPSA) is 34.3 Å². The molecule has 0 aliphatic carbocycles. The Labute approximate surface area is 123 Å². The zero-order chi connectivity index (χ0) is 9.98. The summed E-state index contributed by atoms with van der Waals surface area (Å²) in [5.41, 5.74) is 0. The molecule has 0 aromatic heterocycles. The summed E-state index contributed by atoms with van der Waals surface area (Å²) >= 11 is 0. The summed E-state index contributed by atoms with van der Waals surface area (Å²) in [5.74, 6) is 0. The maximum absolute atomic E-state index is 8.07. The van der Waals surface area contributed by atoms with Gasteiger partial charge in [-0.25, -0.2) is 0 Å². The predicted octanol–water partition coefficient (Wildman–Crippen LogP) is -3.04. The van der Waals surface area contributed by atoms with E-state index >= 15 is 0 Å². The predicted molar refractivity (Wildman–Crippen MR) is 55.6 cm³/mol. The van der Waals surface area contributed by atoms with Crippen LogP contribution in [-0.4, -0.2) is 23.8 Å². The quantitative estimate of drug-likeness (QED) is 0.550. The van der Waals surface area contributed by atoms with E-state index in [1.54, 1.807) is 0 Å². The minimum Gasteiger partial charge on any atom is -1.00 e. The Balaban J connectivity index is -0.0000000383. The van der Waals surface area contributed by atoms with Gasteiger partial charge in [-0.05, 0) is 6.42 Å². The summed E-state index contributed by atoms with van der Waals surface area (Å²) in [5, 5.41) is 12.3. The fourth-order valence-electron chi connectivity index (χ4n) is 0.754.